The molecule has 112 valence electrons. The van der Waals surface area contributed by atoms with E-state index in [0.29, 0.717) is 12.0 Å². The molecule has 0 aliphatic carbocycles. The highest BCUT2D eigenvalue weighted by Crippen LogP contribution is 2.32. The molecule has 0 radical (unpaired) electrons. The molecular formula is C18H29NO. The highest BCUT2D eigenvalue weighted by Gasteiger charge is 2.35. The first-order valence-electron chi connectivity index (χ1n) is 7.99. The Morgan fingerprint density at radius 1 is 1.10 bits per heavy atom. The van der Waals surface area contributed by atoms with E-state index in [0.717, 1.165) is 18.0 Å². The Labute approximate surface area is 123 Å². The van der Waals surface area contributed by atoms with Crippen molar-refractivity contribution >= 4 is 0 Å². The summed E-state index contributed by atoms with van der Waals surface area (Å²) < 4.78 is 0. The van der Waals surface area contributed by atoms with Crippen LogP contribution in [0.5, 0.6) is 0 Å². The van der Waals surface area contributed by atoms with Gasteiger partial charge in [0.25, 0.3) is 0 Å². The highest BCUT2D eigenvalue weighted by atomic mass is 16.3. The molecule has 0 spiro atoms. The molecule has 1 aromatic carbocycles. The lowest BCUT2D eigenvalue weighted by Gasteiger charge is -2.45. The second-order valence-electron chi connectivity index (χ2n) is 6.82. The molecule has 4 unspecified atom stereocenters. The number of hydrogen-bond acceptors (Lipinski definition) is 2. The van der Waals surface area contributed by atoms with Crippen LogP contribution in [0.4, 0.5) is 0 Å². The molecule has 1 saturated heterocycles. The lowest BCUT2D eigenvalue weighted by atomic mass is 9.86. The summed E-state index contributed by atoms with van der Waals surface area (Å²) in [6.07, 6.45) is 2.15. The SMILES string of the molecule is CC1CCC(C)N(C(C(C)C)C(O)c2ccccc2)C1. The van der Waals surface area contributed by atoms with Crippen LogP contribution in [0.3, 0.4) is 0 Å². The fraction of sp³-hybridized carbons (Fsp3) is 0.667. The van der Waals surface area contributed by atoms with Crippen molar-refractivity contribution < 1.29 is 5.11 Å². The van der Waals surface area contributed by atoms with Gasteiger partial charge in [0.05, 0.1) is 6.10 Å². The lowest BCUT2D eigenvalue weighted by Crippen LogP contribution is -2.51. The minimum absolute atomic E-state index is 0.204. The number of benzene rings is 1. The number of likely N-dealkylation sites (tertiary alicyclic amines) is 1. The van der Waals surface area contributed by atoms with Crippen LogP contribution in [0.2, 0.25) is 0 Å². The maximum atomic E-state index is 10.9. The summed E-state index contributed by atoms with van der Waals surface area (Å²) in [6.45, 7) is 10.2. The molecule has 4 atom stereocenters. The summed E-state index contributed by atoms with van der Waals surface area (Å²) in [5, 5.41) is 10.9. The van der Waals surface area contributed by atoms with E-state index in [4.69, 9.17) is 0 Å². The molecule has 1 aliphatic rings. The first-order chi connectivity index (χ1) is 9.50. The number of nitrogens with zero attached hydrogens (tertiary/aromatic N) is 1. The smallest absolute Gasteiger partial charge is 0.0947 e. The molecule has 2 nitrogen and oxygen atoms in total. The molecule has 1 heterocycles. The van der Waals surface area contributed by atoms with Crippen molar-refractivity contribution in [2.45, 2.75) is 58.7 Å². The molecule has 1 fully saturated rings. The van der Waals surface area contributed by atoms with Crippen molar-refractivity contribution in [3.8, 4) is 0 Å². The zero-order valence-electron chi connectivity index (χ0n) is 13.3. The summed E-state index contributed by atoms with van der Waals surface area (Å²) in [5.41, 5.74) is 1.04. The normalized spacial score (nSPS) is 27.5. The zero-order chi connectivity index (χ0) is 14.7. The maximum Gasteiger partial charge on any atom is 0.0947 e. The second kappa shape index (κ2) is 6.73. The van der Waals surface area contributed by atoms with Crippen molar-refractivity contribution in [2.24, 2.45) is 11.8 Å². The van der Waals surface area contributed by atoms with Crippen molar-refractivity contribution in [3.05, 3.63) is 35.9 Å². The average molecular weight is 275 g/mol. The van der Waals surface area contributed by atoms with Gasteiger partial charge in [-0.15, -0.1) is 0 Å². The Kier molecular flexibility index (Phi) is 5.22. The molecule has 1 aromatic rings. The minimum atomic E-state index is -0.399. The number of aliphatic hydroxyl groups excluding tert-OH is 1. The molecule has 1 aliphatic heterocycles. The van der Waals surface area contributed by atoms with Gasteiger partial charge < -0.3 is 5.11 Å². The lowest BCUT2D eigenvalue weighted by molar-refractivity contribution is -0.0227. The Balaban J connectivity index is 2.22. The summed E-state index contributed by atoms with van der Waals surface area (Å²) in [6, 6.07) is 10.9. The molecule has 0 amide bonds. The van der Waals surface area contributed by atoms with Crippen molar-refractivity contribution in [1.82, 2.24) is 4.90 Å². The van der Waals surface area contributed by atoms with Gasteiger partial charge in [-0.2, -0.15) is 0 Å². The monoisotopic (exact) mass is 275 g/mol. The van der Waals surface area contributed by atoms with Crippen LogP contribution in [0.15, 0.2) is 30.3 Å². The predicted octanol–water partition coefficient (Wildman–Crippen LogP) is 3.87. The van der Waals surface area contributed by atoms with E-state index in [-0.39, 0.29) is 6.04 Å². The van der Waals surface area contributed by atoms with Crippen LogP contribution < -0.4 is 0 Å². The average Bonchev–Trinajstić information content (AvgIpc) is 2.43. The highest BCUT2D eigenvalue weighted by molar-refractivity contribution is 5.19. The van der Waals surface area contributed by atoms with Crippen LogP contribution in [0.25, 0.3) is 0 Å². The molecule has 2 heteroatoms. The molecule has 0 aromatic heterocycles. The number of aliphatic hydroxyl groups is 1. The van der Waals surface area contributed by atoms with Crippen LogP contribution in [0, 0.1) is 11.8 Å². The summed E-state index contributed by atoms with van der Waals surface area (Å²) in [4.78, 5) is 2.54. The van der Waals surface area contributed by atoms with E-state index >= 15 is 0 Å². The Morgan fingerprint density at radius 2 is 1.75 bits per heavy atom. The summed E-state index contributed by atoms with van der Waals surface area (Å²) in [5.74, 6) is 1.17. The van der Waals surface area contributed by atoms with Crippen molar-refractivity contribution in [1.29, 1.82) is 0 Å². The van der Waals surface area contributed by atoms with E-state index in [1.807, 2.05) is 30.3 Å². The third kappa shape index (κ3) is 3.42. The molecule has 0 saturated carbocycles. The minimum Gasteiger partial charge on any atom is -0.387 e. The van der Waals surface area contributed by atoms with Gasteiger partial charge in [0.1, 0.15) is 0 Å². The number of piperidine rings is 1. The number of hydrogen-bond donors (Lipinski definition) is 1. The topological polar surface area (TPSA) is 23.5 Å². The van der Waals surface area contributed by atoms with Crippen molar-refractivity contribution in [3.63, 3.8) is 0 Å². The van der Waals surface area contributed by atoms with Crippen LogP contribution in [-0.4, -0.2) is 28.6 Å². The van der Waals surface area contributed by atoms with E-state index < -0.39 is 6.10 Å². The van der Waals surface area contributed by atoms with Gasteiger partial charge in [-0.1, -0.05) is 51.1 Å². The zero-order valence-corrected chi connectivity index (χ0v) is 13.3. The van der Waals surface area contributed by atoms with E-state index in [9.17, 15) is 5.11 Å². The Hall–Kier alpha value is -0.860. The Morgan fingerprint density at radius 3 is 2.35 bits per heavy atom. The first kappa shape index (κ1) is 15.5. The quantitative estimate of drug-likeness (QED) is 0.902. The van der Waals surface area contributed by atoms with Gasteiger partial charge >= 0.3 is 0 Å². The maximum absolute atomic E-state index is 10.9. The third-order valence-electron chi connectivity index (χ3n) is 4.70. The third-order valence-corrected chi connectivity index (χ3v) is 4.70. The molecule has 0 bridgehead atoms. The molecule has 20 heavy (non-hydrogen) atoms. The van der Waals surface area contributed by atoms with E-state index in [1.165, 1.54) is 12.8 Å². The second-order valence-corrected chi connectivity index (χ2v) is 6.82. The predicted molar refractivity (Wildman–Crippen MR) is 84.6 cm³/mol. The van der Waals surface area contributed by atoms with Crippen molar-refractivity contribution in [2.75, 3.05) is 6.54 Å². The van der Waals surface area contributed by atoms with E-state index in [2.05, 4.69) is 32.6 Å². The fourth-order valence-corrected chi connectivity index (χ4v) is 3.51. The van der Waals surface area contributed by atoms with Crippen LogP contribution >= 0.6 is 0 Å². The molecular weight excluding hydrogens is 246 g/mol. The largest absolute Gasteiger partial charge is 0.387 e. The van der Waals surface area contributed by atoms with Crippen LogP contribution in [0.1, 0.15) is 52.2 Å². The fourth-order valence-electron chi connectivity index (χ4n) is 3.51. The van der Waals surface area contributed by atoms with Gasteiger partial charge in [0, 0.05) is 18.6 Å². The van der Waals surface area contributed by atoms with Gasteiger partial charge in [0.15, 0.2) is 0 Å². The first-order valence-corrected chi connectivity index (χ1v) is 7.99. The van der Waals surface area contributed by atoms with Crippen LogP contribution in [-0.2, 0) is 0 Å². The summed E-state index contributed by atoms with van der Waals surface area (Å²) >= 11 is 0. The van der Waals surface area contributed by atoms with Gasteiger partial charge in [-0.3, -0.25) is 4.90 Å². The number of rotatable bonds is 4. The standard InChI is InChI=1S/C18H29NO/c1-13(2)17(18(20)16-8-6-5-7-9-16)19-12-14(3)10-11-15(19)4/h5-9,13-15,17-18,20H,10-12H2,1-4H3. The Bertz CT molecular complexity index is 403. The van der Waals surface area contributed by atoms with Gasteiger partial charge in [-0.25, -0.2) is 0 Å². The van der Waals surface area contributed by atoms with Gasteiger partial charge in [0.2, 0.25) is 0 Å². The summed E-state index contributed by atoms with van der Waals surface area (Å²) in [7, 11) is 0. The van der Waals surface area contributed by atoms with E-state index in [1.54, 1.807) is 0 Å². The van der Waals surface area contributed by atoms with Gasteiger partial charge in [-0.05, 0) is 37.2 Å². The molecule has 1 N–H and O–H groups in total. The molecule has 2 rings (SSSR count).